The number of hydrogen-bond donors (Lipinski definition) is 2. The van der Waals surface area contributed by atoms with Crippen LogP contribution in [0, 0.1) is 0 Å². The third-order valence-electron chi connectivity index (χ3n) is 2.02. The molecule has 17 heavy (non-hydrogen) atoms. The van der Waals surface area contributed by atoms with E-state index in [1.165, 1.54) is 15.6 Å². The van der Waals surface area contributed by atoms with Crippen molar-refractivity contribution in [2.75, 3.05) is 26.2 Å². The van der Waals surface area contributed by atoms with E-state index in [0.29, 0.717) is 0 Å². The molecule has 0 rings (SSSR count). The van der Waals surface area contributed by atoms with Crippen LogP contribution in [0.25, 0.3) is 0 Å². The van der Waals surface area contributed by atoms with Gasteiger partial charge in [0.2, 0.25) is 0 Å². The van der Waals surface area contributed by atoms with Crippen molar-refractivity contribution in [1.82, 2.24) is 10.6 Å². The Morgan fingerprint density at radius 3 is 1.65 bits per heavy atom. The predicted octanol–water partition coefficient (Wildman–Crippen LogP) is 1.71. The Morgan fingerprint density at radius 2 is 1.29 bits per heavy atom. The molecule has 0 saturated heterocycles. The molecular formula is C12H28CuN2O2. The molecule has 0 radical (unpaired) electrons. The van der Waals surface area contributed by atoms with Crippen LogP contribution in [0.3, 0.4) is 0 Å². The van der Waals surface area contributed by atoms with E-state index >= 15 is 0 Å². The topological polar surface area (TPSA) is 42.5 Å². The Labute approximate surface area is 113 Å². The van der Waals surface area contributed by atoms with Crippen LogP contribution < -0.4 is 10.6 Å². The van der Waals surface area contributed by atoms with Crippen molar-refractivity contribution in [3.8, 4) is 0 Å². The first-order valence-electron chi connectivity index (χ1n) is 6.52. The van der Waals surface area contributed by atoms with Crippen LogP contribution in [0.4, 0.5) is 0 Å². The van der Waals surface area contributed by atoms with Gasteiger partial charge in [0.1, 0.15) is 0 Å². The van der Waals surface area contributed by atoms with Crippen molar-refractivity contribution in [2.24, 2.45) is 0 Å². The molecule has 2 unspecified atom stereocenters. The van der Waals surface area contributed by atoms with Crippen molar-refractivity contribution in [1.29, 1.82) is 0 Å². The summed E-state index contributed by atoms with van der Waals surface area (Å²) < 4.78 is 10.9. The van der Waals surface area contributed by atoms with E-state index in [9.17, 15) is 0 Å². The summed E-state index contributed by atoms with van der Waals surface area (Å²) in [6.07, 6.45) is 2.63. The second-order valence-electron chi connectivity index (χ2n) is 4.22. The van der Waals surface area contributed by atoms with Gasteiger partial charge in [0.05, 0.1) is 0 Å². The Hall–Kier alpha value is 0.359. The Kier molecular flexibility index (Phi) is 13.1. The van der Waals surface area contributed by atoms with E-state index in [-0.39, 0.29) is 12.2 Å². The van der Waals surface area contributed by atoms with E-state index in [1.807, 2.05) is 13.8 Å². The van der Waals surface area contributed by atoms with Crippen LogP contribution >= 0.6 is 0 Å². The van der Waals surface area contributed by atoms with Crippen LogP contribution in [0.15, 0.2) is 0 Å². The van der Waals surface area contributed by atoms with Gasteiger partial charge in [-0.15, -0.1) is 0 Å². The monoisotopic (exact) mass is 295 g/mol. The Bertz CT molecular complexity index is 145. The summed E-state index contributed by atoms with van der Waals surface area (Å²) in [5.74, 6) is 0. The molecular weight excluding hydrogens is 268 g/mol. The van der Waals surface area contributed by atoms with Crippen LogP contribution in [-0.4, -0.2) is 38.4 Å². The van der Waals surface area contributed by atoms with Crippen LogP contribution in [0.5, 0.6) is 0 Å². The van der Waals surface area contributed by atoms with Crippen molar-refractivity contribution >= 4 is 0 Å². The summed E-state index contributed by atoms with van der Waals surface area (Å²) in [7, 11) is 0. The number of rotatable bonds is 12. The molecule has 109 valence electrons. The third-order valence-corrected chi connectivity index (χ3v) is 2.96. The first kappa shape index (κ1) is 17.4. The fourth-order valence-electron chi connectivity index (χ4n) is 1.13. The van der Waals surface area contributed by atoms with Gasteiger partial charge in [0.15, 0.2) is 0 Å². The SMILES string of the molecule is CCCNCC(C)[O][Cu][O]C(C)CNCCC. The Morgan fingerprint density at radius 1 is 0.882 bits per heavy atom. The number of nitrogens with one attached hydrogen (secondary N) is 2. The van der Waals surface area contributed by atoms with Crippen LogP contribution in [0.1, 0.15) is 40.5 Å². The molecule has 0 aliphatic rings. The molecule has 5 heteroatoms. The van der Waals surface area contributed by atoms with E-state index in [2.05, 4.69) is 24.5 Å². The van der Waals surface area contributed by atoms with Gasteiger partial charge < -0.3 is 0 Å². The zero-order valence-electron chi connectivity index (χ0n) is 11.5. The molecule has 4 nitrogen and oxygen atoms in total. The summed E-state index contributed by atoms with van der Waals surface area (Å²) in [4.78, 5) is 0. The minimum atomic E-state index is 0.164. The van der Waals surface area contributed by atoms with Gasteiger partial charge >= 0.3 is 113 Å². The predicted molar refractivity (Wildman–Crippen MR) is 67.4 cm³/mol. The van der Waals surface area contributed by atoms with Crippen molar-refractivity contribution in [2.45, 2.75) is 52.7 Å². The summed E-state index contributed by atoms with van der Waals surface area (Å²) in [5, 5.41) is 6.61. The molecule has 0 aliphatic carbocycles. The molecule has 2 N–H and O–H groups in total. The standard InChI is InChI=1S/2C6H14NO.Cu/c2*1-3-4-7-5-6(2)8;/h2*6-7H,3-5H2,1-2H3;/q2*-1;+2. The second kappa shape index (κ2) is 12.8. The first-order chi connectivity index (χ1) is 8.20. The van der Waals surface area contributed by atoms with Crippen molar-refractivity contribution < 1.29 is 23.3 Å². The maximum absolute atomic E-state index is 5.46. The van der Waals surface area contributed by atoms with Gasteiger partial charge in [-0.3, -0.25) is 0 Å². The number of hydrogen-bond acceptors (Lipinski definition) is 4. The van der Waals surface area contributed by atoms with Gasteiger partial charge in [-0.25, -0.2) is 0 Å². The molecule has 0 aromatic carbocycles. The van der Waals surface area contributed by atoms with Gasteiger partial charge in [0.25, 0.3) is 0 Å². The molecule has 0 amide bonds. The quantitative estimate of drug-likeness (QED) is 0.425. The average Bonchev–Trinajstić information content (AvgIpc) is 2.30. The van der Waals surface area contributed by atoms with Crippen molar-refractivity contribution in [3.63, 3.8) is 0 Å². The summed E-state index contributed by atoms with van der Waals surface area (Å²) >= 11 is 1.20. The minimum absolute atomic E-state index is 0.164. The van der Waals surface area contributed by atoms with Gasteiger partial charge in [0, 0.05) is 0 Å². The fourth-order valence-corrected chi connectivity index (χ4v) is 1.65. The summed E-state index contributed by atoms with van der Waals surface area (Å²) in [5.41, 5.74) is 0. The van der Waals surface area contributed by atoms with Crippen LogP contribution in [0.2, 0.25) is 0 Å². The molecule has 2 atom stereocenters. The van der Waals surface area contributed by atoms with Gasteiger partial charge in [-0.05, 0) is 0 Å². The molecule has 0 bridgehead atoms. The maximum atomic E-state index is 5.46. The molecule has 0 saturated carbocycles. The Balaban J connectivity index is 3.29. The average molecular weight is 296 g/mol. The van der Waals surface area contributed by atoms with Gasteiger partial charge in [-0.2, -0.15) is 0 Å². The van der Waals surface area contributed by atoms with E-state index in [4.69, 9.17) is 7.64 Å². The van der Waals surface area contributed by atoms with E-state index < -0.39 is 0 Å². The van der Waals surface area contributed by atoms with E-state index in [1.54, 1.807) is 0 Å². The summed E-state index contributed by atoms with van der Waals surface area (Å²) in [6, 6.07) is 0. The molecule has 0 aromatic rings. The van der Waals surface area contributed by atoms with Crippen molar-refractivity contribution in [3.05, 3.63) is 0 Å². The molecule has 0 heterocycles. The summed E-state index contributed by atoms with van der Waals surface area (Å²) in [6.45, 7) is 12.2. The normalized spacial score (nSPS) is 15.1. The van der Waals surface area contributed by atoms with Crippen LogP contribution in [-0.2, 0) is 23.3 Å². The fraction of sp³-hybridized carbons (Fsp3) is 1.00. The third kappa shape index (κ3) is 12.6. The zero-order chi connectivity index (χ0) is 12.9. The van der Waals surface area contributed by atoms with Gasteiger partial charge in [-0.1, -0.05) is 0 Å². The molecule has 0 aromatic heterocycles. The molecule has 0 aliphatic heterocycles. The zero-order valence-corrected chi connectivity index (χ0v) is 12.5. The second-order valence-corrected chi connectivity index (χ2v) is 4.82. The molecule has 0 fully saturated rings. The first-order valence-corrected chi connectivity index (χ1v) is 7.29. The molecule has 0 spiro atoms. The van der Waals surface area contributed by atoms with E-state index in [0.717, 1.165) is 39.0 Å².